The highest BCUT2D eigenvalue weighted by molar-refractivity contribution is 5.32. The molecule has 2 saturated heterocycles. The smallest absolute Gasteiger partial charge is 0.119 e. The van der Waals surface area contributed by atoms with E-state index < -0.39 is 5.60 Å². The van der Waals surface area contributed by atoms with E-state index in [0.29, 0.717) is 18.7 Å². The fourth-order valence-electron chi connectivity index (χ4n) is 5.02. The minimum absolute atomic E-state index is 0.448. The largest absolute Gasteiger partial charge is 0.492 e. The Morgan fingerprint density at radius 1 is 1.00 bits per heavy atom. The zero-order chi connectivity index (χ0) is 20.3. The third-order valence-electron chi connectivity index (χ3n) is 6.57. The summed E-state index contributed by atoms with van der Waals surface area (Å²) < 4.78 is 5.82. The molecule has 156 valence electrons. The second kappa shape index (κ2) is 8.86. The maximum absolute atomic E-state index is 11.6. The Morgan fingerprint density at radius 3 is 2.28 bits per heavy atom. The predicted octanol–water partition coefficient (Wildman–Crippen LogP) is 4.03. The Hall–Kier alpha value is -1.88. The monoisotopic (exact) mass is 394 g/mol. The van der Waals surface area contributed by atoms with Gasteiger partial charge in [-0.1, -0.05) is 48.9 Å². The van der Waals surface area contributed by atoms with Crippen LogP contribution < -0.4 is 4.74 Å². The van der Waals surface area contributed by atoms with Gasteiger partial charge >= 0.3 is 0 Å². The summed E-state index contributed by atoms with van der Waals surface area (Å²) in [5, 5.41) is 11.6. The van der Waals surface area contributed by atoms with Crippen LogP contribution in [0.5, 0.6) is 5.75 Å². The molecule has 4 nitrogen and oxygen atoms in total. The van der Waals surface area contributed by atoms with Gasteiger partial charge in [-0.25, -0.2) is 0 Å². The number of likely N-dealkylation sites (N-methyl/N-ethyl adjacent to an activating group) is 1. The van der Waals surface area contributed by atoms with Crippen molar-refractivity contribution >= 4 is 0 Å². The molecular formula is C25H34N2O2. The van der Waals surface area contributed by atoms with Crippen molar-refractivity contribution in [1.82, 2.24) is 9.80 Å². The quantitative estimate of drug-likeness (QED) is 0.769. The Labute approximate surface area is 175 Å². The first-order chi connectivity index (χ1) is 14.0. The zero-order valence-corrected chi connectivity index (χ0v) is 17.8. The van der Waals surface area contributed by atoms with Crippen molar-refractivity contribution < 1.29 is 9.84 Å². The Bertz CT molecular complexity index is 761. The van der Waals surface area contributed by atoms with E-state index in [1.54, 1.807) is 0 Å². The zero-order valence-electron chi connectivity index (χ0n) is 17.8. The van der Waals surface area contributed by atoms with Gasteiger partial charge in [0.1, 0.15) is 12.4 Å². The summed E-state index contributed by atoms with van der Waals surface area (Å²) in [4.78, 5) is 4.76. The van der Waals surface area contributed by atoms with E-state index in [1.807, 2.05) is 26.2 Å². The highest BCUT2D eigenvalue weighted by atomic mass is 16.5. The van der Waals surface area contributed by atoms with Gasteiger partial charge in [-0.3, -0.25) is 4.90 Å². The number of rotatable bonds is 7. The highest BCUT2D eigenvalue weighted by Gasteiger charge is 2.46. The van der Waals surface area contributed by atoms with Crippen molar-refractivity contribution in [2.45, 2.75) is 56.3 Å². The lowest BCUT2D eigenvalue weighted by atomic mass is 9.72. The number of piperidine rings is 2. The number of fused-ring (bicyclic) bond motifs is 2. The number of aliphatic hydroxyl groups is 1. The van der Waals surface area contributed by atoms with Crippen LogP contribution >= 0.6 is 0 Å². The molecule has 4 rings (SSSR count). The summed E-state index contributed by atoms with van der Waals surface area (Å²) in [5.41, 5.74) is 1.67. The molecule has 2 aliphatic heterocycles. The standard InChI is InChI=1S/C25H34N2O2/c1-26(2)15-16-29-24-13-11-21(12-14-24)25(28)17-22-9-6-10-23(18-25)27(22)19-20-7-4-3-5-8-20/h3-5,7-8,11-14,22-23,28H,6,9-10,15-19H2,1-2H3. The molecule has 0 spiro atoms. The summed E-state index contributed by atoms with van der Waals surface area (Å²) in [6.45, 7) is 2.56. The minimum atomic E-state index is -0.731. The van der Waals surface area contributed by atoms with Crippen LogP contribution in [0.4, 0.5) is 0 Å². The molecule has 2 aromatic rings. The van der Waals surface area contributed by atoms with Crippen molar-refractivity contribution in [3.05, 3.63) is 65.7 Å². The molecule has 2 aliphatic rings. The van der Waals surface area contributed by atoms with Crippen LogP contribution in [0.1, 0.15) is 43.2 Å². The first-order valence-corrected chi connectivity index (χ1v) is 10.9. The van der Waals surface area contributed by atoms with Crippen molar-refractivity contribution in [2.24, 2.45) is 0 Å². The van der Waals surface area contributed by atoms with E-state index >= 15 is 0 Å². The van der Waals surface area contributed by atoms with Gasteiger partial charge in [-0.2, -0.15) is 0 Å². The average molecular weight is 395 g/mol. The van der Waals surface area contributed by atoms with Crippen molar-refractivity contribution in [3.8, 4) is 5.75 Å². The van der Waals surface area contributed by atoms with Crippen LogP contribution in [-0.2, 0) is 12.1 Å². The van der Waals surface area contributed by atoms with Gasteiger partial charge in [0.15, 0.2) is 0 Å². The lowest BCUT2D eigenvalue weighted by Crippen LogP contribution is -2.56. The fraction of sp³-hybridized carbons (Fsp3) is 0.520. The van der Waals surface area contributed by atoms with Crippen molar-refractivity contribution in [3.63, 3.8) is 0 Å². The Kier molecular flexibility index (Phi) is 6.23. The topological polar surface area (TPSA) is 35.9 Å². The average Bonchev–Trinajstić information content (AvgIpc) is 2.70. The predicted molar refractivity (Wildman–Crippen MR) is 117 cm³/mol. The summed E-state index contributed by atoms with van der Waals surface area (Å²) in [6, 6.07) is 19.8. The van der Waals surface area contributed by atoms with Crippen LogP contribution in [-0.4, -0.2) is 54.2 Å². The number of ether oxygens (including phenoxy) is 1. The molecule has 0 aliphatic carbocycles. The van der Waals surface area contributed by atoms with Gasteiger partial charge < -0.3 is 14.7 Å². The molecule has 4 heteroatoms. The number of benzene rings is 2. The first kappa shape index (κ1) is 20.4. The van der Waals surface area contributed by atoms with Gasteiger partial charge in [-0.15, -0.1) is 0 Å². The van der Waals surface area contributed by atoms with E-state index in [2.05, 4.69) is 52.3 Å². The second-order valence-electron chi connectivity index (χ2n) is 9.01. The lowest BCUT2D eigenvalue weighted by Gasteiger charge is -2.52. The molecule has 29 heavy (non-hydrogen) atoms. The van der Waals surface area contributed by atoms with Gasteiger partial charge in [0.25, 0.3) is 0 Å². The minimum Gasteiger partial charge on any atom is -0.492 e. The summed E-state index contributed by atoms with van der Waals surface area (Å²) in [5.74, 6) is 0.876. The molecule has 1 N–H and O–H groups in total. The van der Waals surface area contributed by atoms with Crippen molar-refractivity contribution in [1.29, 1.82) is 0 Å². The van der Waals surface area contributed by atoms with Gasteiger partial charge in [-0.05, 0) is 63.0 Å². The molecule has 0 amide bonds. The maximum Gasteiger partial charge on any atom is 0.119 e. The fourth-order valence-corrected chi connectivity index (χ4v) is 5.02. The Balaban J connectivity index is 1.44. The highest BCUT2D eigenvalue weighted by Crippen LogP contribution is 2.45. The van der Waals surface area contributed by atoms with E-state index in [-0.39, 0.29) is 0 Å². The number of nitrogens with zero attached hydrogens (tertiary/aromatic N) is 2. The first-order valence-electron chi connectivity index (χ1n) is 10.9. The molecule has 2 heterocycles. The van der Waals surface area contributed by atoms with Crippen LogP contribution in [0.25, 0.3) is 0 Å². The third-order valence-corrected chi connectivity index (χ3v) is 6.57. The van der Waals surface area contributed by atoms with E-state index in [4.69, 9.17) is 4.74 Å². The Morgan fingerprint density at radius 2 is 1.66 bits per heavy atom. The van der Waals surface area contributed by atoms with E-state index in [9.17, 15) is 5.11 Å². The van der Waals surface area contributed by atoms with Crippen LogP contribution in [0.3, 0.4) is 0 Å². The van der Waals surface area contributed by atoms with Crippen LogP contribution in [0.2, 0.25) is 0 Å². The molecule has 2 unspecified atom stereocenters. The van der Waals surface area contributed by atoms with Crippen LogP contribution in [0.15, 0.2) is 54.6 Å². The van der Waals surface area contributed by atoms with Crippen LogP contribution in [0, 0.1) is 0 Å². The molecule has 2 atom stereocenters. The summed E-state index contributed by atoms with van der Waals surface area (Å²) in [7, 11) is 4.09. The molecule has 2 aromatic carbocycles. The van der Waals surface area contributed by atoms with Gasteiger partial charge in [0.2, 0.25) is 0 Å². The van der Waals surface area contributed by atoms with E-state index in [0.717, 1.165) is 37.2 Å². The lowest BCUT2D eigenvalue weighted by molar-refractivity contribution is -0.0999. The second-order valence-corrected chi connectivity index (χ2v) is 9.01. The molecule has 0 aromatic heterocycles. The normalized spacial score (nSPS) is 27.2. The summed E-state index contributed by atoms with van der Waals surface area (Å²) in [6.07, 6.45) is 5.26. The molecule has 2 fully saturated rings. The molecule has 0 radical (unpaired) electrons. The van der Waals surface area contributed by atoms with E-state index in [1.165, 1.54) is 24.8 Å². The van der Waals surface area contributed by atoms with Gasteiger partial charge in [0, 0.05) is 25.2 Å². The number of hydrogen-bond donors (Lipinski definition) is 1. The molecule has 2 bridgehead atoms. The molecular weight excluding hydrogens is 360 g/mol. The summed E-state index contributed by atoms with van der Waals surface area (Å²) >= 11 is 0. The molecule has 0 saturated carbocycles. The SMILES string of the molecule is CN(C)CCOc1ccc(C2(O)CC3CCCC(C2)N3Cc2ccccc2)cc1. The maximum atomic E-state index is 11.6. The number of hydrogen-bond acceptors (Lipinski definition) is 4. The van der Waals surface area contributed by atoms with Crippen molar-refractivity contribution in [2.75, 3.05) is 27.2 Å². The third kappa shape index (κ3) is 4.82. The van der Waals surface area contributed by atoms with Gasteiger partial charge in [0.05, 0.1) is 5.60 Å².